The van der Waals surface area contributed by atoms with Gasteiger partial charge in [-0.25, -0.2) is 0 Å². The van der Waals surface area contributed by atoms with Crippen LogP contribution in [0.3, 0.4) is 0 Å². The van der Waals surface area contributed by atoms with Gasteiger partial charge in [0.15, 0.2) is 0 Å². The molecule has 0 aliphatic rings. The van der Waals surface area contributed by atoms with Gasteiger partial charge < -0.3 is 0 Å². The molecule has 0 rings (SSSR count). The molecular formula is C6H23I2N7O4. The predicted octanol–water partition coefficient (Wildman–Crippen LogP) is -4.01. The van der Waals surface area contributed by atoms with Gasteiger partial charge in [-0.05, 0) is 0 Å². The van der Waals surface area contributed by atoms with Gasteiger partial charge in [0.2, 0.25) is 0 Å². The molecule has 120 valence electrons. The fourth-order valence-corrected chi connectivity index (χ4v) is 3.20. The summed E-state index contributed by atoms with van der Waals surface area (Å²) < 4.78 is 22.2. The molecule has 0 aliphatic carbocycles. The van der Waals surface area contributed by atoms with E-state index in [4.69, 9.17) is 35.7 Å². The molecule has 0 bridgehead atoms. The topological polar surface area (TPSA) is 156 Å². The molecule has 0 aromatic heterocycles. The first-order chi connectivity index (χ1) is 8.68. The van der Waals surface area contributed by atoms with Crippen molar-refractivity contribution in [3.8, 4) is 0 Å². The van der Waals surface area contributed by atoms with Crippen LogP contribution < -0.4 is 47.0 Å². The Hall–Kier alpha value is 1.02. The van der Waals surface area contributed by atoms with E-state index in [9.17, 15) is 0 Å². The van der Waals surface area contributed by atoms with Crippen LogP contribution in [0.2, 0.25) is 0 Å². The fourth-order valence-electron chi connectivity index (χ4n) is 0.616. The molecule has 0 fully saturated rings. The molecule has 0 atom stereocenters. The van der Waals surface area contributed by atoms with E-state index in [0.29, 0.717) is 0 Å². The first-order valence-electron chi connectivity index (χ1n) is 5.20. The summed E-state index contributed by atoms with van der Waals surface area (Å²) >= 11 is -4.01. The number of rotatable bonds is 10. The van der Waals surface area contributed by atoms with E-state index in [-0.39, 0.29) is 12.1 Å². The van der Waals surface area contributed by atoms with Crippen molar-refractivity contribution < 1.29 is 43.0 Å². The number of nitrogens with one attached hydrogen (secondary N) is 1. The summed E-state index contributed by atoms with van der Waals surface area (Å²) in [7, 11) is 0. The van der Waals surface area contributed by atoms with Crippen molar-refractivity contribution in [2.75, 3.05) is 0 Å². The van der Waals surface area contributed by atoms with Gasteiger partial charge in [-0.3, -0.25) is 0 Å². The zero-order valence-electron chi connectivity index (χ0n) is 11.2. The van der Waals surface area contributed by atoms with Gasteiger partial charge in [-0.15, -0.1) is 0 Å². The number of hydrogen-bond acceptors (Lipinski definition) is 10. The minimum atomic E-state index is -2.89. The summed E-state index contributed by atoms with van der Waals surface area (Å²) in [6.45, 7) is 7.39. The molecule has 0 aliphatic heterocycles. The molecular weight excluding hydrogens is 488 g/mol. The second kappa shape index (κ2) is 9.87. The summed E-state index contributed by atoms with van der Waals surface area (Å²) in [4.78, 5) is 10.5. The van der Waals surface area contributed by atoms with E-state index < -0.39 is 47.7 Å². The summed E-state index contributed by atoms with van der Waals surface area (Å²) in [5.41, 5.74) is 2.68. The zero-order chi connectivity index (χ0) is 15.1. The average molecular weight is 511 g/mol. The van der Waals surface area contributed by atoms with Crippen LogP contribution in [0.4, 0.5) is 0 Å². The van der Waals surface area contributed by atoms with Crippen molar-refractivity contribution in [2.45, 2.75) is 39.8 Å². The SMILES string of the molecule is CC(C)NON(OC(C)C)I(N)O[N+](N)(N)O[I-]N. The maximum atomic E-state index is 5.86. The summed E-state index contributed by atoms with van der Waals surface area (Å²) in [5, 5.41) is -1.17. The fraction of sp³-hybridized carbons (Fsp3) is 1.00. The Morgan fingerprint density at radius 1 is 1.26 bits per heavy atom. The van der Waals surface area contributed by atoms with Gasteiger partial charge in [-0.1, -0.05) is 0 Å². The number of hydroxylamine groups is 1. The van der Waals surface area contributed by atoms with Crippen LogP contribution in [0, 0.1) is 0 Å². The molecule has 0 aromatic carbocycles. The Kier molecular flexibility index (Phi) is 10.4. The Balaban J connectivity index is 4.47. The monoisotopic (exact) mass is 511 g/mol. The van der Waals surface area contributed by atoms with Crippen LogP contribution in [0.25, 0.3) is 0 Å². The molecule has 9 N–H and O–H groups in total. The number of nitrogens with zero attached hydrogens (tertiary/aromatic N) is 2. The van der Waals surface area contributed by atoms with Crippen molar-refractivity contribution >= 4 is 20.8 Å². The Morgan fingerprint density at radius 3 is 2.26 bits per heavy atom. The second-order valence-electron chi connectivity index (χ2n) is 3.86. The van der Waals surface area contributed by atoms with Gasteiger partial charge in [0.05, 0.1) is 0 Å². The molecule has 19 heavy (non-hydrogen) atoms. The molecule has 0 aromatic rings. The van der Waals surface area contributed by atoms with E-state index in [1.807, 2.05) is 27.7 Å². The summed E-state index contributed by atoms with van der Waals surface area (Å²) in [5.74, 6) is 10.9. The maximum absolute atomic E-state index is 5.86. The molecule has 0 spiro atoms. The minimum absolute atomic E-state index is 0.0590. The molecule has 0 unspecified atom stereocenters. The number of quaternary nitrogens is 1. The number of nitrogens with two attached hydrogens (primary N) is 4. The third-order valence-corrected chi connectivity index (χ3v) is 4.18. The molecule has 0 saturated heterocycles. The number of halogens is 2. The third-order valence-electron chi connectivity index (χ3n) is 1.12. The average Bonchev–Trinajstić information content (AvgIpc) is 2.22. The molecule has 0 radical (unpaired) electrons. The Bertz CT molecular complexity index is 248. The van der Waals surface area contributed by atoms with Crippen molar-refractivity contribution in [2.24, 2.45) is 19.6 Å². The molecule has 0 heterocycles. The van der Waals surface area contributed by atoms with E-state index >= 15 is 0 Å². The first-order valence-corrected chi connectivity index (χ1v) is 10.4. The third kappa shape index (κ3) is 10.4. The van der Waals surface area contributed by atoms with Gasteiger partial charge in [0.1, 0.15) is 0 Å². The first kappa shape index (κ1) is 20.0. The number of hydrogen-bond donors (Lipinski definition) is 5. The van der Waals surface area contributed by atoms with Crippen LogP contribution in [-0.2, 0) is 16.1 Å². The molecule has 0 saturated carbocycles. The van der Waals surface area contributed by atoms with Crippen molar-refractivity contribution in [3.63, 3.8) is 0 Å². The van der Waals surface area contributed by atoms with Gasteiger partial charge in [-0.2, -0.15) is 0 Å². The molecule has 13 heteroatoms. The summed E-state index contributed by atoms with van der Waals surface area (Å²) in [6.07, 6.45) is -0.166. The van der Waals surface area contributed by atoms with E-state index in [2.05, 4.69) is 5.48 Å². The normalized spacial score (nSPS) is 13.9. The quantitative estimate of drug-likeness (QED) is 0.0644. The van der Waals surface area contributed by atoms with Crippen LogP contribution >= 0.6 is 20.8 Å². The molecule has 0 amide bonds. The van der Waals surface area contributed by atoms with Crippen LogP contribution in [-0.4, -0.2) is 20.6 Å². The Labute approximate surface area is 131 Å². The standard InChI is InChI=1S/C6H23I2N7O4/c1-5(2)13-19-14(16-6(3)4)8(10)18-15(11,12)17-7-9/h5-6,13H,9-12H2,1-4H3. The van der Waals surface area contributed by atoms with Gasteiger partial charge in [0.25, 0.3) is 0 Å². The van der Waals surface area contributed by atoms with Crippen molar-refractivity contribution in [1.29, 1.82) is 0 Å². The van der Waals surface area contributed by atoms with Crippen molar-refractivity contribution in [1.82, 2.24) is 8.92 Å². The van der Waals surface area contributed by atoms with Crippen LogP contribution in [0.15, 0.2) is 0 Å². The van der Waals surface area contributed by atoms with Crippen LogP contribution in [0.1, 0.15) is 27.7 Å². The van der Waals surface area contributed by atoms with Crippen molar-refractivity contribution in [3.05, 3.63) is 0 Å². The summed E-state index contributed by atoms with van der Waals surface area (Å²) in [6, 6.07) is 0.0590. The molecule has 11 nitrogen and oxygen atoms in total. The van der Waals surface area contributed by atoms with E-state index in [0.717, 1.165) is 3.44 Å². The van der Waals surface area contributed by atoms with E-state index in [1.165, 1.54) is 0 Å². The zero-order valence-corrected chi connectivity index (χ0v) is 15.6. The predicted molar refractivity (Wildman–Crippen MR) is 70.6 cm³/mol. The van der Waals surface area contributed by atoms with Gasteiger partial charge >= 0.3 is 132 Å². The van der Waals surface area contributed by atoms with Crippen LogP contribution in [0.5, 0.6) is 0 Å². The van der Waals surface area contributed by atoms with E-state index in [1.54, 1.807) is 0 Å². The Morgan fingerprint density at radius 2 is 1.84 bits per heavy atom. The van der Waals surface area contributed by atoms with Gasteiger partial charge in [0, 0.05) is 0 Å². The second-order valence-corrected chi connectivity index (χ2v) is 7.40.